The van der Waals surface area contributed by atoms with Crippen molar-refractivity contribution in [2.75, 3.05) is 11.1 Å². The maximum absolute atomic E-state index is 13.4. The topological polar surface area (TPSA) is 29.1 Å². The molecule has 0 radical (unpaired) electrons. The number of hydrogen-bond acceptors (Lipinski definition) is 2. The van der Waals surface area contributed by atoms with Crippen molar-refractivity contribution >= 4 is 45.9 Å². The summed E-state index contributed by atoms with van der Waals surface area (Å²) in [5, 5.41) is 2.75. The maximum atomic E-state index is 13.4. The van der Waals surface area contributed by atoms with Gasteiger partial charge in [0.1, 0.15) is 11.6 Å². The molecule has 0 aromatic heterocycles. The van der Waals surface area contributed by atoms with Crippen molar-refractivity contribution in [2.24, 2.45) is 0 Å². The van der Waals surface area contributed by atoms with Crippen molar-refractivity contribution in [3.8, 4) is 0 Å². The van der Waals surface area contributed by atoms with Crippen LogP contribution in [0.2, 0.25) is 0 Å². The van der Waals surface area contributed by atoms with Crippen molar-refractivity contribution in [1.82, 2.24) is 0 Å². The molecular weight excluding hydrogens is 395 g/mol. The normalized spacial score (nSPS) is 10.3. The van der Waals surface area contributed by atoms with Crippen molar-refractivity contribution in [3.63, 3.8) is 0 Å². The summed E-state index contributed by atoms with van der Waals surface area (Å²) in [6.07, 6.45) is 0. The lowest BCUT2D eigenvalue weighted by Crippen LogP contribution is -2.14. The van der Waals surface area contributed by atoms with Gasteiger partial charge in [-0.2, -0.15) is 0 Å². The highest BCUT2D eigenvalue weighted by molar-refractivity contribution is 14.1. The third-order valence-electron chi connectivity index (χ3n) is 2.40. The minimum absolute atomic E-state index is 0.0630. The molecule has 0 aliphatic heterocycles. The third kappa shape index (κ3) is 4.17. The Kier molecular flexibility index (Phi) is 5.36. The minimum Gasteiger partial charge on any atom is -0.324 e. The van der Waals surface area contributed by atoms with E-state index in [0.29, 0.717) is 0 Å². The fourth-order valence-corrected chi connectivity index (χ4v) is 2.73. The molecule has 1 amide bonds. The first-order valence-corrected chi connectivity index (χ1v) is 7.75. The maximum Gasteiger partial charge on any atom is 0.234 e. The van der Waals surface area contributed by atoms with Crippen LogP contribution in [0.15, 0.2) is 47.4 Å². The minimum atomic E-state index is -0.655. The first-order chi connectivity index (χ1) is 9.56. The molecule has 0 unspecified atom stereocenters. The van der Waals surface area contributed by atoms with Crippen LogP contribution in [0.4, 0.5) is 14.5 Å². The van der Waals surface area contributed by atoms with Crippen LogP contribution in [0.25, 0.3) is 0 Å². The van der Waals surface area contributed by atoms with Crippen molar-refractivity contribution in [3.05, 3.63) is 57.7 Å². The van der Waals surface area contributed by atoms with E-state index in [1.54, 1.807) is 6.07 Å². The number of thioether (sulfide) groups is 1. The Hall–Kier alpha value is -1.15. The highest BCUT2D eigenvalue weighted by Crippen LogP contribution is 2.23. The molecule has 0 aliphatic rings. The summed E-state index contributed by atoms with van der Waals surface area (Å²) in [5.41, 5.74) is 0.721. The summed E-state index contributed by atoms with van der Waals surface area (Å²) in [4.78, 5) is 12.0. The molecule has 0 aliphatic carbocycles. The largest absolute Gasteiger partial charge is 0.324 e. The van der Waals surface area contributed by atoms with Crippen molar-refractivity contribution < 1.29 is 13.6 Å². The Labute approximate surface area is 133 Å². The molecule has 0 saturated heterocycles. The van der Waals surface area contributed by atoms with E-state index in [2.05, 4.69) is 27.9 Å². The van der Waals surface area contributed by atoms with Gasteiger partial charge in [0, 0.05) is 14.5 Å². The zero-order chi connectivity index (χ0) is 14.5. The molecule has 6 heteroatoms. The van der Waals surface area contributed by atoms with Gasteiger partial charge < -0.3 is 5.32 Å². The number of carbonyl (C=O) groups is 1. The van der Waals surface area contributed by atoms with Gasteiger partial charge in [-0.25, -0.2) is 8.78 Å². The molecule has 0 saturated carbocycles. The molecule has 2 aromatic carbocycles. The fourth-order valence-electron chi connectivity index (χ4n) is 1.48. The molecular formula is C14H10F2INOS. The Balaban J connectivity index is 1.94. The summed E-state index contributed by atoms with van der Waals surface area (Å²) in [7, 11) is 0. The second-order valence-electron chi connectivity index (χ2n) is 3.89. The lowest BCUT2D eigenvalue weighted by atomic mass is 10.3. The number of para-hydroxylation sites is 1. The molecule has 2 nitrogen and oxygen atoms in total. The standard InChI is InChI=1S/C14H10F2INOS/c15-9-5-6-13(10(16)7-9)20-8-14(19)18-12-4-2-1-3-11(12)17/h1-7H,8H2,(H,18,19). The summed E-state index contributed by atoms with van der Waals surface area (Å²) in [6, 6.07) is 10.7. The number of carbonyl (C=O) groups excluding carboxylic acids is 1. The van der Waals surface area contributed by atoms with Gasteiger partial charge in [0.05, 0.1) is 11.4 Å². The van der Waals surface area contributed by atoms with Gasteiger partial charge in [0.25, 0.3) is 0 Å². The van der Waals surface area contributed by atoms with Gasteiger partial charge >= 0.3 is 0 Å². The monoisotopic (exact) mass is 405 g/mol. The van der Waals surface area contributed by atoms with E-state index in [1.807, 2.05) is 18.2 Å². The second kappa shape index (κ2) is 7.03. The SMILES string of the molecule is O=C(CSc1ccc(F)cc1F)Nc1ccccc1I. The smallest absolute Gasteiger partial charge is 0.234 e. The first-order valence-electron chi connectivity index (χ1n) is 5.68. The Bertz CT molecular complexity index is 636. The number of halogens is 3. The molecule has 0 fully saturated rings. The van der Waals surface area contributed by atoms with E-state index in [-0.39, 0.29) is 16.6 Å². The average molecular weight is 405 g/mol. The molecule has 104 valence electrons. The Morgan fingerprint density at radius 2 is 1.95 bits per heavy atom. The van der Waals surface area contributed by atoms with Crippen molar-refractivity contribution in [1.29, 1.82) is 0 Å². The lowest BCUT2D eigenvalue weighted by Gasteiger charge is -2.07. The lowest BCUT2D eigenvalue weighted by molar-refractivity contribution is -0.113. The molecule has 1 N–H and O–H groups in total. The average Bonchev–Trinajstić information content (AvgIpc) is 2.40. The highest BCUT2D eigenvalue weighted by Gasteiger charge is 2.09. The first kappa shape index (κ1) is 15.2. The van der Waals surface area contributed by atoms with Crippen LogP contribution >= 0.6 is 34.4 Å². The number of anilines is 1. The Morgan fingerprint density at radius 3 is 2.65 bits per heavy atom. The van der Waals surface area contributed by atoms with Gasteiger partial charge in [0.15, 0.2) is 0 Å². The van der Waals surface area contributed by atoms with Crippen LogP contribution in [-0.2, 0) is 4.79 Å². The third-order valence-corrected chi connectivity index (χ3v) is 4.39. The van der Waals surface area contributed by atoms with Gasteiger partial charge in [-0.3, -0.25) is 4.79 Å². The Morgan fingerprint density at radius 1 is 1.20 bits per heavy atom. The number of nitrogens with one attached hydrogen (secondary N) is 1. The van der Waals surface area contributed by atoms with Crippen LogP contribution in [0.3, 0.4) is 0 Å². The zero-order valence-electron chi connectivity index (χ0n) is 10.2. The van der Waals surface area contributed by atoms with Crippen LogP contribution in [0.1, 0.15) is 0 Å². The summed E-state index contributed by atoms with van der Waals surface area (Å²) < 4.78 is 27.1. The molecule has 2 aromatic rings. The zero-order valence-corrected chi connectivity index (χ0v) is 13.2. The van der Waals surface area contributed by atoms with Gasteiger partial charge in [0.2, 0.25) is 5.91 Å². The van der Waals surface area contributed by atoms with Crippen LogP contribution in [-0.4, -0.2) is 11.7 Å². The molecule has 20 heavy (non-hydrogen) atoms. The van der Waals surface area contributed by atoms with E-state index in [0.717, 1.165) is 27.1 Å². The summed E-state index contributed by atoms with van der Waals surface area (Å²) >= 11 is 3.15. The van der Waals surface area contributed by atoms with Crippen LogP contribution in [0, 0.1) is 15.2 Å². The number of rotatable bonds is 4. The van der Waals surface area contributed by atoms with Gasteiger partial charge in [-0.1, -0.05) is 12.1 Å². The molecule has 0 heterocycles. The van der Waals surface area contributed by atoms with Crippen molar-refractivity contribution in [2.45, 2.75) is 4.90 Å². The number of benzene rings is 2. The number of hydrogen-bond donors (Lipinski definition) is 1. The summed E-state index contributed by atoms with van der Waals surface area (Å²) in [5.74, 6) is -1.46. The number of amides is 1. The van der Waals surface area contributed by atoms with E-state index in [1.165, 1.54) is 12.1 Å². The van der Waals surface area contributed by atoms with Gasteiger partial charge in [-0.15, -0.1) is 11.8 Å². The molecule has 2 rings (SSSR count). The predicted octanol–water partition coefficient (Wildman–Crippen LogP) is 4.30. The van der Waals surface area contributed by atoms with E-state index in [4.69, 9.17) is 0 Å². The van der Waals surface area contributed by atoms with E-state index in [9.17, 15) is 13.6 Å². The second-order valence-corrected chi connectivity index (χ2v) is 6.07. The highest BCUT2D eigenvalue weighted by atomic mass is 127. The van der Waals surface area contributed by atoms with E-state index < -0.39 is 11.6 Å². The molecule has 0 atom stereocenters. The quantitative estimate of drug-likeness (QED) is 0.607. The van der Waals surface area contributed by atoms with Gasteiger partial charge in [-0.05, 0) is 46.9 Å². The van der Waals surface area contributed by atoms with Crippen LogP contribution in [0.5, 0.6) is 0 Å². The molecule has 0 bridgehead atoms. The van der Waals surface area contributed by atoms with Crippen LogP contribution < -0.4 is 5.32 Å². The predicted molar refractivity (Wildman–Crippen MR) is 84.9 cm³/mol. The summed E-state index contributed by atoms with van der Waals surface area (Å²) in [6.45, 7) is 0. The fraction of sp³-hybridized carbons (Fsp3) is 0.0714. The van der Waals surface area contributed by atoms with E-state index >= 15 is 0 Å². The molecule has 0 spiro atoms.